The zero-order valence-electron chi connectivity index (χ0n) is 20.1. The quantitative estimate of drug-likeness (QED) is 0.218. The molecule has 0 radical (unpaired) electrons. The molecule has 33 heavy (non-hydrogen) atoms. The molecule has 0 aliphatic carbocycles. The summed E-state index contributed by atoms with van der Waals surface area (Å²) in [7, 11) is 3.13. The van der Waals surface area contributed by atoms with Crippen LogP contribution in [0.5, 0.6) is 5.75 Å². The van der Waals surface area contributed by atoms with Crippen LogP contribution in [-0.2, 0) is 25.7 Å². The van der Waals surface area contributed by atoms with Gasteiger partial charge in [-0.15, -0.1) is 0 Å². The molecule has 0 aromatic heterocycles. The fourth-order valence-corrected chi connectivity index (χ4v) is 3.20. The van der Waals surface area contributed by atoms with Crippen molar-refractivity contribution in [2.75, 3.05) is 27.2 Å². The van der Waals surface area contributed by atoms with Crippen molar-refractivity contribution >= 4 is 17.8 Å². The number of hydrazine groups is 1. The second kappa shape index (κ2) is 15.2. The van der Waals surface area contributed by atoms with E-state index in [1.165, 1.54) is 5.01 Å². The summed E-state index contributed by atoms with van der Waals surface area (Å²) in [5.74, 6) is -0.151. The van der Waals surface area contributed by atoms with Gasteiger partial charge in [-0.3, -0.25) is 19.8 Å². The smallest absolute Gasteiger partial charge is 0.322 e. The van der Waals surface area contributed by atoms with Crippen LogP contribution in [0.3, 0.4) is 0 Å². The molecule has 0 fully saturated rings. The van der Waals surface area contributed by atoms with E-state index in [0.717, 1.165) is 5.56 Å². The van der Waals surface area contributed by atoms with Crippen LogP contribution in [0.1, 0.15) is 45.1 Å². The Morgan fingerprint density at radius 2 is 1.94 bits per heavy atom. The minimum absolute atomic E-state index is 0.0450. The summed E-state index contributed by atoms with van der Waals surface area (Å²) < 4.78 is 10.4. The molecule has 0 spiro atoms. The molecule has 2 amide bonds. The third-order valence-corrected chi connectivity index (χ3v) is 4.81. The van der Waals surface area contributed by atoms with Crippen LogP contribution < -0.4 is 26.9 Å². The number of rotatable bonds is 15. The van der Waals surface area contributed by atoms with Gasteiger partial charge in [0.2, 0.25) is 11.8 Å². The van der Waals surface area contributed by atoms with Gasteiger partial charge in [0.25, 0.3) is 0 Å². The Kier molecular flexibility index (Phi) is 13.1. The van der Waals surface area contributed by atoms with Gasteiger partial charge in [0.05, 0.1) is 13.2 Å². The number of hydrogen-bond donors (Lipinski definition) is 4. The Bertz CT molecular complexity index is 759. The van der Waals surface area contributed by atoms with Crippen LogP contribution in [0, 0.1) is 5.92 Å². The summed E-state index contributed by atoms with van der Waals surface area (Å²) in [5, 5.41) is 4.20. The van der Waals surface area contributed by atoms with Crippen molar-refractivity contribution in [1.82, 2.24) is 15.8 Å². The molecular formula is C23H39N5O5. The van der Waals surface area contributed by atoms with Crippen LogP contribution in [0.4, 0.5) is 0 Å². The molecule has 0 bridgehead atoms. The predicted molar refractivity (Wildman–Crippen MR) is 126 cm³/mol. The summed E-state index contributed by atoms with van der Waals surface area (Å²) in [6.07, 6.45) is 1.81. The number of nitrogens with two attached hydrogens (primary N) is 2. The molecule has 0 aliphatic heterocycles. The first-order valence-corrected chi connectivity index (χ1v) is 11.2. The highest BCUT2D eigenvalue weighted by atomic mass is 16.5. The topological polar surface area (TPSA) is 149 Å². The van der Waals surface area contributed by atoms with Gasteiger partial charge in [-0.1, -0.05) is 26.0 Å². The van der Waals surface area contributed by atoms with Crippen molar-refractivity contribution in [3.63, 3.8) is 0 Å². The summed E-state index contributed by atoms with van der Waals surface area (Å²) in [6.45, 7) is 4.40. The van der Waals surface area contributed by atoms with E-state index in [1.54, 1.807) is 26.3 Å². The molecule has 186 valence electrons. The maximum Gasteiger partial charge on any atom is 0.322 e. The molecule has 2 atom stereocenters. The number of carbonyl (C=O) groups is 3. The summed E-state index contributed by atoms with van der Waals surface area (Å²) >= 11 is 0. The number of esters is 1. The average molecular weight is 466 g/mol. The molecule has 10 nitrogen and oxygen atoms in total. The number of carbonyl (C=O) groups excluding carboxylic acids is 3. The first kappa shape index (κ1) is 28.3. The zero-order valence-corrected chi connectivity index (χ0v) is 20.1. The fourth-order valence-electron chi connectivity index (χ4n) is 3.20. The zero-order chi connectivity index (χ0) is 24.8. The van der Waals surface area contributed by atoms with Crippen molar-refractivity contribution in [2.24, 2.45) is 17.4 Å². The first-order chi connectivity index (χ1) is 15.6. The number of nitrogens with zero attached hydrogens (tertiary/aromatic N) is 1. The molecule has 10 heteroatoms. The average Bonchev–Trinajstić information content (AvgIpc) is 2.75. The highest BCUT2D eigenvalue weighted by molar-refractivity contribution is 5.83. The fraction of sp³-hybridized carbons (Fsp3) is 0.609. The van der Waals surface area contributed by atoms with E-state index in [0.29, 0.717) is 31.6 Å². The number of hydrogen-bond acceptors (Lipinski definition) is 8. The van der Waals surface area contributed by atoms with E-state index in [4.69, 9.17) is 20.9 Å². The largest absolute Gasteiger partial charge is 0.497 e. The SMILES string of the molecule is COc1cccc(COC(=O)CN(C)NC(=O)C[C@H](CCCN)NC(=O)[C@@H](N)CC(C)C)c1. The maximum absolute atomic E-state index is 12.5. The minimum Gasteiger partial charge on any atom is -0.497 e. The third-order valence-electron chi connectivity index (χ3n) is 4.81. The Labute approximate surface area is 196 Å². The van der Waals surface area contributed by atoms with Gasteiger partial charge in [-0.2, -0.15) is 0 Å². The lowest BCUT2D eigenvalue weighted by Gasteiger charge is -2.23. The summed E-state index contributed by atoms with van der Waals surface area (Å²) in [6, 6.07) is 6.19. The van der Waals surface area contributed by atoms with Gasteiger partial charge >= 0.3 is 5.97 Å². The third kappa shape index (κ3) is 12.2. The first-order valence-electron chi connectivity index (χ1n) is 11.2. The molecule has 1 rings (SSSR count). The highest BCUT2D eigenvalue weighted by Crippen LogP contribution is 2.13. The van der Waals surface area contributed by atoms with Crippen LogP contribution >= 0.6 is 0 Å². The number of methoxy groups -OCH3 is 1. The van der Waals surface area contributed by atoms with Crippen molar-refractivity contribution < 1.29 is 23.9 Å². The number of benzene rings is 1. The van der Waals surface area contributed by atoms with Crippen LogP contribution in [0.2, 0.25) is 0 Å². The molecule has 0 heterocycles. The van der Waals surface area contributed by atoms with Crippen molar-refractivity contribution in [3.05, 3.63) is 29.8 Å². The second-order valence-electron chi connectivity index (χ2n) is 8.48. The van der Waals surface area contributed by atoms with Gasteiger partial charge < -0.3 is 26.3 Å². The Balaban J connectivity index is 2.49. The number of ether oxygens (including phenoxy) is 2. The van der Waals surface area contributed by atoms with Crippen LogP contribution in [0.25, 0.3) is 0 Å². The maximum atomic E-state index is 12.5. The van der Waals surface area contributed by atoms with Gasteiger partial charge in [0, 0.05) is 19.5 Å². The van der Waals surface area contributed by atoms with Crippen LogP contribution in [0.15, 0.2) is 24.3 Å². The summed E-state index contributed by atoms with van der Waals surface area (Å²) in [5.41, 5.74) is 14.9. The van der Waals surface area contributed by atoms with E-state index in [2.05, 4.69) is 10.7 Å². The molecule has 0 aliphatic rings. The molecule has 0 unspecified atom stereocenters. The lowest BCUT2D eigenvalue weighted by Crippen LogP contribution is -2.49. The number of likely N-dealkylation sites (N-methyl/N-ethyl adjacent to an activating group) is 1. The molecule has 6 N–H and O–H groups in total. The number of nitrogens with one attached hydrogen (secondary N) is 2. The Morgan fingerprint density at radius 1 is 1.21 bits per heavy atom. The Hall–Kier alpha value is -2.69. The normalized spacial score (nSPS) is 12.8. The van der Waals surface area contributed by atoms with Gasteiger partial charge in [0.1, 0.15) is 18.9 Å². The van der Waals surface area contributed by atoms with E-state index in [-0.39, 0.29) is 37.3 Å². The highest BCUT2D eigenvalue weighted by Gasteiger charge is 2.21. The van der Waals surface area contributed by atoms with Gasteiger partial charge in [-0.25, -0.2) is 5.01 Å². The van der Waals surface area contributed by atoms with E-state index < -0.39 is 18.1 Å². The Morgan fingerprint density at radius 3 is 2.58 bits per heavy atom. The molecule has 0 saturated carbocycles. The van der Waals surface area contributed by atoms with Gasteiger partial charge in [0.15, 0.2) is 0 Å². The van der Waals surface area contributed by atoms with E-state index in [9.17, 15) is 14.4 Å². The predicted octanol–water partition coefficient (Wildman–Crippen LogP) is 0.689. The standard InChI is InChI=1S/C23H39N5O5/c1-16(2)11-20(25)23(31)26-18(8-6-10-24)13-21(29)27-28(3)14-22(30)33-15-17-7-5-9-19(12-17)32-4/h5,7,9,12,16,18,20H,6,8,10-11,13-15,24-25H2,1-4H3,(H,26,31)(H,27,29)/t18-,20-/m0/s1. The molecule has 1 aromatic rings. The molecule has 0 saturated heterocycles. The van der Waals surface area contributed by atoms with Crippen molar-refractivity contribution in [1.29, 1.82) is 0 Å². The van der Waals surface area contributed by atoms with Crippen molar-refractivity contribution in [2.45, 2.75) is 58.2 Å². The lowest BCUT2D eigenvalue weighted by molar-refractivity contribution is -0.147. The number of amides is 2. The van der Waals surface area contributed by atoms with Crippen molar-refractivity contribution in [3.8, 4) is 5.75 Å². The molecule has 1 aromatic carbocycles. The monoisotopic (exact) mass is 465 g/mol. The second-order valence-corrected chi connectivity index (χ2v) is 8.48. The van der Waals surface area contributed by atoms with E-state index >= 15 is 0 Å². The van der Waals surface area contributed by atoms with Crippen LogP contribution in [-0.4, -0.2) is 62.1 Å². The molecular weight excluding hydrogens is 426 g/mol. The lowest BCUT2D eigenvalue weighted by atomic mass is 10.0. The summed E-state index contributed by atoms with van der Waals surface area (Å²) in [4.78, 5) is 36.9. The minimum atomic E-state index is -0.629. The van der Waals surface area contributed by atoms with E-state index in [1.807, 2.05) is 26.0 Å². The van der Waals surface area contributed by atoms with Gasteiger partial charge in [-0.05, 0) is 49.4 Å².